The van der Waals surface area contributed by atoms with E-state index in [1.165, 1.54) is 0 Å². The zero-order chi connectivity index (χ0) is 20.7. The molecule has 0 fully saturated rings. The van der Waals surface area contributed by atoms with Gasteiger partial charge in [0.25, 0.3) is 0 Å². The van der Waals surface area contributed by atoms with E-state index in [4.69, 9.17) is 9.22 Å². The number of hydrogen-bond donors (Lipinski definition) is 0. The zero-order valence-electron chi connectivity index (χ0n) is 17.4. The van der Waals surface area contributed by atoms with E-state index >= 15 is 0 Å². The van der Waals surface area contributed by atoms with Gasteiger partial charge in [0.05, 0.1) is 4.90 Å². The van der Waals surface area contributed by atoms with E-state index in [2.05, 4.69) is 0 Å². The molecule has 0 atom stereocenters. The summed E-state index contributed by atoms with van der Waals surface area (Å²) in [5, 5.41) is 0. The average molecular weight is 404 g/mol. The van der Waals surface area contributed by atoms with Crippen molar-refractivity contribution in [2.24, 2.45) is 0 Å². The van der Waals surface area contributed by atoms with Crippen molar-refractivity contribution in [1.82, 2.24) is 0 Å². The molecule has 0 bridgehead atoms. The number of rotatable bonds is 4. The van der Waals surface area contributed by atoms with Crippen LogP contribution < -0.4 is 4.89 Å². The van der Waals surface area contributed by atoms with Crippen LogP contribution >= 0.6 is 12.0 Å². The van der Waals surface area contributed by atoms with Gasteiger partial charge in [-0.2, -0.15) is 0 Å². The molecule has 0 radical (unpaired) electrons. The minimum absolute atomic E-state index is 0.204. The normalized spacial score (nSPS) is 13.8. The highest BCUT2D eigenvalue weighted by molar-refractivity contribution is 7.93. The molecule has 0 spiro atoms. The maximum atomic E-state index is 12.3. The van der Waals surface area contributed by atoms with Gasteiger partial charge in [-0.1, -0.05) is 62.3 Å². The summed E-state index contributed by atoms with van der Waals surface area (Å²) in [7, 11) is -4.73. The second kappa shape index (κ2) is 7.34. The minimum atomic E-state index is -4.73. The first-order valence-electron chi connectivity index (χ1n) is 8.48. The van der Waals surface area contributed by atoms with Crippen molar-refractivity contribution in [2.45, 2.75) is 83.5 Å². The molecule has 0 saturated carbocycles. The molecule has 0 amide bonds. The Labute approximate surface area is 162 Å². The first kappa shape index (κ1) is 23.3. The molecule has 0 saturated heterocycles. The standard InChI is InChI=1S/C19H32O5S2/c1-17(2,3)12-11-13(18(4,5)6)16(26(20,21)22)14(19(7,8)9)15(12)23-24-25-10/h11H,1-10H3,(H,20,21,22)/p-1. The van der Waals surface area contributed by atoms with Crippen LogP contribution in [0.3, 0.4) is 0 Å². The van der Waals surface area contributed by atoms with E-state index in [0.29, 0.717) is 16.9 Å². The van der Waals surface area contributed by atoms with Crippen molar-refractivity contribution in [3.8, 4) is 5.75 Å². The van der Waals surface area contributed by atoms with Gasteiger partial charge in [0.1, 0.15) is 10.1 Å². The lowest BCUT2D eigenvalue weighted by Gasteiger charge is -2.35. The molecule has 1 rings (SSSR count). The van der Waals surface area contributed by atoms with Gasteiger partial charge in [-0.3, -0.25) is 0 Å². The summed E-state index contributed by atoms with van der Waals surface area (Å²) in [5.74, 6) is 0.307. The fourth-order valence-electron chi connectivity index (χ4n) is 2.86. The first-order valence-corrected chi connectivity index (χ1v) is 11.0. The number of benzene rings is 1. The lowest BCUT2D eigenvalue weighted by atomic mass is 9.74. The van der Waals surface area contributed by atoms with Gasteiger partial charge in [0.2, 0.25) is 0 Å². The van der Waals surface area contributed by atoms with Gasteiger partial charge < -0.3 is 9.44 Å². The van der Waals surface area contributed by atoms with Crippen LogP contribution in [0.5, 0.6) is 5.75 Å². The maximum absolute atomic E-state index is 12.3. The molecule has 5 nitrogen and oxygen atoms in total. The largest absolute Gasteiger partial charge is 0.744 e. The van der Waals surface area contributed by atoms with Crippen LogP contribution in [0.15, 0.2) is 11.0 Å². The third kappa shape index (κ3) is 5.15. The van der Waals surface area contributed by atoms with Crippen molar-refractivity contribution in [2.75, 3.05) is 6.26 Å². The Morgan fingerprint density at radius 3 is 1.65 bits per heavy atom. The third-order valence-corrected chi connectivity index (χ3v) is 5.16. The van der Waals surface area contributed by atoms with E-state index < -0.39 is 20.9 Å². The van der Waals surface area contributed by atoms with Crippen molar-refractivity contribution < 1.29 is 22.2 Å². The summed E-state index contributed by atoms with van der Waals surface area (Å²) in [5.41, 5.74) is 0.130. The highest BCUT2D eigenvalue weighted by atomic mass is 32.2. The Morgan fingerprint density at radius 2 is 1.35 bits per heavy atom. The van der Waals surface area contributed by atoms with E-state index in [0.717, 1.165) is 17.6 Å². The van der Waals surface area contributed by atoms with Crippen LogP contribution in [-0.4, -0.2) is 19.2 Å². The van der Waals surface area contributed by atoms with E-state index in [-0.39, 0.29) is 10.3 Å². The number of hydrogen-bond acceptors (Lipinski definition) is 6. The van der Waals surface area contributed by atoms with Crippen LogP contribution in [0.4, 0.5) is 0 Å². The fraction of sp³-hybridized carbons (Fsp3) is 0.684. The first-order chi connectivity index (χ1) is 11.4. The van der Waals surface area contributed by atoms with Crippen LogP contribution in [0.25, 0.3) is 0 Å². The van der Waals surface area contributed by atoms with Crippen molar-refractivity contribution in [1.29, 1.82) is 0 Å². The molecule has 0 aromatic heterocycles. The Hall–Kier alpha value is -0.760. The quantitative estimate of drug-likeness (QED) is 0.302. The SMILES string of the molecule is CSOOc1c(C(C)(C)C)cc(C(C)(C)C)c(S(=O)(=O)[O-])c1C(C)(C)C. The highest BCUT2D eigenvalue weighted by Crippen LogP contribution is 2.47. The average Bonchev–Trinajstić information content (AvgIpc) is 2.39. The van der Waals surface area contributed by atoms with E-state index in [9.17, 15) is 13.0 Å². The van der Waals surface area contributed by atoms with Gasteiger partial charge >= 0.3 is 0 Å². The topological polar surface area (TPSA) is 75.7 Å². The summed E-state index contributed by atoms with van der Waals surface area (Å²) in [6.07, 6.45) is 1.70. The lowest BCUT2D eigenvalue weighted by molar-refractivity contribution is -0.0805. The van der Waals surface area contributed by atoms with Gasteiger partial charge in [0, 0.05) is 29.4 Å². The maximum Gasteiger partial charge on any atom is 0.175 e. The lowest BCUT2D eigenvalue weighted by Crippen LogP contribution is -2.27. The second-order valence-corrected chi connectivity index (χ2v) is 11.3. The molecule has 1 aromatic carbocycles. The molecule has 0 aliphatic carbocycles. The molecule has 26 heavy (non-hydrogen) atoms. The fourth-order valence-corrected chi connectivity index (χ4v) is 4.28. The summed E-state index contributed by atoms with van der Waals surface area (Å²) in [6.45, 7) is 17.3. The molecule has 0 aliphatic rings. The predicted octanol–water partition coefficient (Wildman–Crippen LogP) is 5.07. The summed E-state index contributed by atoms with van der Waals surface area (Å²) in [6, 6.07) is 1.78. The molecular formula is C19H31O5S2-. The Bertz CT molecular complexity index is 761. The molecular weight excluding hydrogens is 372 g/mol. The van der Waals surface area contributed by atoms with Gasteiger partial charge in [-0.25, -0.2) is 8.42 Å². The monoisotopic (exact) mass is 403 g/mol. The highest BCUT2D eigenvalue weighted by Gasteiger charge is 2.37. The molecule has 7 heteroatoms. The van der Waals surface area contributed by atoms with Gasteiger partial charge in [-0.15, -0.1) is 4.33 Å². The van der Waals surface area contributed by atoms with Crippen molar-refractivity contribution >= 4 is 22.2 Å². The van der Waals surface area contributed by atoms with E-state index in [1.807, 2.05) is 62.3 Å². The van der Waals surface area contributed by atoms with Crippen molar-refractivity contribution in [3.05, 3.63) is 22.8 Å². The van der Waals surface area contributed by atoms with Crippen LogP contribution in [0.1, 0.15) is 79.0 Å². The molecule has 150 valence electrons. The van der Waals surface area contributed by atoms with Crippen molar-refractivity contribution in [3.63, 3.8) is 0 Å². The van der Waals surface area contributed by atoms with E-state index in [1.54, 1.807) is 12.3 Å². The Kier molecular flexibility index (Phi) is 6.57. The molecule has 0 heterocycles. The summed E-state index contributed by atoms with van der Waals surface area (Å²) in [4.78, 5) is 5.33. The molecule has 0 unspecified atom stereocenters. The molecule has 0 N–H and O–H groups in total. The second-order valence-electron chi connectivity index (χ2n) is 9.53. The predicted molar refractivity (Wildman–Crippen MR) is 106 cm³/mol. The minimum Gasteiger partial charge on any atom is -0.744 e. The van der Waals surface area contributed by atoms with Crippen LogP contribution in [-0.2, 0) is 30.7 Å². The summed E-state index contributed by atoms with van der Waals surface area (Å²) < 4.78 is 42.0. The van der Waals surface area contributed by atoms with Gasteiger partial charge in [0.15, 0.2) is 5.75 Å². The Morgan fingerprint density at radius 1 is 0.885 bits per heavy atom. The Balaban J connectivity index is 4.25. The summed E-state index contributed by atoms with van der Waals surface area (Å²) >= 11 is 1.01. The van der Waals surface area contributed by atoms with Gasteiger partial charge in [-0.05, 0) is 27.9 Å². The van der Waals surface area contributed by atoms with Crippen LogP contribution in [0.2, 0.25) is 0 Å². The smallest absolute Gasteiger partial charge is 0.175 e. The zero-order valence-corrected chi connectivity index (χ0v) is 19.1. The third-order valence-electron chi connectivity index (χ3n) is 4.03. The molecule has 1 aromatic rings. The van der Waals surface area contributed by atoms with Crippen LogP contribution in [0, 0.1) is 0 Å². The molecule has 0 aliphatic heterocycles.